The lowest BCUT2D eigenvalue weighted by molar-refractivity contribution is 0.0481. The molecule has 0 aromatic carbocycles. The molecule has 0 bridgehead atoms. The van der Waals surface area contributed by atoms with Gasteiger partial charge in [0, 0.05) is 13.2 Å². The fraction of sp³-hybridized carbons (Fsp3) is 0.950. The second kappa shape index (κ2) is 9.40. The third-order valence-corrected chi connectivity index (χ3v) is 5.98. The van der Waals surface area contributed by atoms with Crippen LogP contribution in [-0.2, 0) is 9.16 Å². The Kier molecular flexibility index (Phi) is 8.46. The standard InChI is InChI=1S/C20H41NO3Si/c1-19(2,3)17(14-23-25(7)8)16-11-9-15(10-12-16)13-21-18(22)24-20(4,5)6/h15-17,25H,9-14H2,1-8H3,(H,21,22)/t15-,16-,17?. The van der Waals surface area contributed by atoms with Gasteiger partial charge in [0.25, 0.3) is 0 Å². The Morgan fingerprint density at radius 3 is 2.08 bits per heavy atom. The zero-order chi connectivity index (χ0) is 19.3. The van der Waals surface area contributed by atoms with Gasteiger partial charge >= 0.3 is 6.09 Å². The first kappa shape index (κ1) is 22.5. The molecule has 1 N–H and O–H groups in total. The number of rotatable bonds is 6. The third kappa shape index (κ3) is 9.09. The average molecular weight is 372 g/mol. The van der Waals surface area contributed by atoms with Crippen molar-refractivity contribution in [2.45, 2.75) is 85.9 Å². The Balaban J connectivity index is 2.44. The normalized spacial score (nSPS) is 23.4. The fourth-order valence-electron chi connectivity index (χ4n) is 3.73. The minimum Gasteiger partial charge on any atom is -0.444 e. The van der Waals surface area contributed by atoms with E-state index in [4.69, 9.17) is 9.16 Å². The monoisotopic (exact) mass is 371 g/mol. The van der Waals surface area contributed by atoms with Crippen LogP contribution in [0.2, 0.25) is 13.1 Å². The Morgan fingerprint density at radius 1 is 1.08 bits per heavy atom. The molecular formula is C20H41NO3Si. The van der Waals surface area contributed by atoms with E-state index in [9.17, 15) is 4.79 Å². The highest BCUT2D eigenvalue weighted by molar-refractivity contribution is 6.48. The average Bonchev–Trinajstić information content (AvgIpc) is 2.43. The summed E-state index contributed by atoms with van der Waals surface area (Å²) in [7, 11) is -0.967. The summed E-state index contributed by atoms with van der Waals surface area (Å²) in [5.41, 5.74) is -0.142. The maximum atomic E-state index is 11.8. The number of hydrogen-bond acceptors (Lipinski definition) is 3. The first-order valence-electron chi connectivity index (χ1n) is 9.97. The number of nitrogens with one attached hydrogen (secondary N) is 1. The summed E-state index contributed by atoms with van der Waals surface area (Å²) in [5.74, 6) is 1.94. The predicted octanol–water partition coefficient (Wildman–Crippen LogP) is 4.98. The van der Waals surface area contributed by atoms with Crippen LogP contribution < -0.4 is 5.32 Å². The topological polar surface area (TPSA) is 47.6 Å². The van der Waals surface area contributed by atoms with Gasteiger partial charge in [0.2, 0.25) is 0 Å². The molecule has 148 valence electrons. The van der Waals surface area contributed by atoms with Crippen molar-refractivity contribution in [2.24, 2.45) is 23.2 Å². The predicted molar refractivity (Wildman–Crippen MR) is 107 cm³/mol. The molecule has 1 saturated carbocycles. The SMILES string of the molecule is C[SiH](C)OCC([C@H]1CC[C@H](CNC(=O)OC(C)(C)C)CC1)C(C)(C)C. The van der Waals surface area contributed by atoms with Crippen molar-refractivity contribution < 1.29 is 14.0 Å². The molecule has 0 aromatic rings. The Hall–Kier alpha value is -0.553. The van der Waals surface area contributed by atoms with Gasteiger partial charge in [-0.1, -0.05) is 20.8 Å². The van der Waals surface area contributed by atoms with Crippen LogP contribution in [0.25, 0.3) is 0 Å². The number of hydrogen-bond donors (Lipinski definition) is 1. The van der Waals surface area contributed by atoms with Gasteiger partial charge in [-0.15, -0.1) is 0 Å². The zero-order valence-electron chi connectivity index (χ0n) is 17.8. The van der Waals surface area contributed by atoms with Crippen molar-refractivity contribution in [1.29, 1.82) is 0 Å². The van der Waals surface area contributed by atoms with E-state index in [0.717, 1.165) is 19.1 Å². The maximum Gasteiger partial charge on any atom is 0.407 e. The van der Waals surface area contributed by atoms with Crippen LogP contribution >= 0.6 is 0 Å². The summed E-state index contributed by atoms with van der Waals surface area (Å²) >= 11 is 0. The van der Waals surface area contributed by atoms with E-state index in [1.165, 1.54) is 25.7 Å². The lowest BCUT2D eigenvalue weighted by atomic mass is 9.67. The van der Waals surface area contributed by atoms with E-state index in [-0.39, 0.29) is 11.5 Å². The second-order valence-electron chi connectivity index (χ2n) is 10.0. The van der Waals surface area contributed by atoms with Crippen molar-refractivity contribution in [3.05, 3.63) is 0 Å². The number of carbonyl (C=O) groups is 1. The van der Waals surface area contributed by atoms with Crippen LogP contribution in [0.5, 0.6) is 0 Å². The molecule has 0 aliphatic heterocycles. The lowest BCUT2D eigenvalue weighted by Crippen LogP contribution is -2.38. The molecule has 0 saturated heterocycles. The minimum absolute atomic E-state index is 0.287. The highest BCUT2D eigenvalue weighted by Gasteiger charge is 2.35. The van der Waals surface area contributed by atoms with Crippen molar-refractivity contribution >= 4 is 15.1 Å². The van der Waals surface area contributed by atoms with Gasteiger partial charge in [-0.25, -0.2) is 4.79 Å². The molecule has 1 unspecified atom stereocenters. The number of carbonyl (C=O) groups excluding carboxylic acids is 1. The summed E-state index contributed by atoms with van der Waals surface area (Å²) in [4.78, 5) is 11.8. The molecule has 0 aromatic heterocycles. The molecule has 0 spiro atoms. The quantitative estimate of drug-likeness (QED) is 0.670. The van der Waals surface area contributed by atoms with E-state index < -0.39 is 14.6 Å². The molecule has 1 aliphatic carbocycles. The van der Waals surface area contributed by atoms with Gasteiger partial charge in [-0.3, -0.25) is 0 Å². The smallest absolute Gasteiger partial charge is 0.407 e. The zero-order valence-corrected chi connectivity index (χ0v) is 18.9. The molecular weight excluding hydrogens is 330 g/mol. The van der Waals surface area contributed by atoms with Gasteiger partial charge in [0.15, 0.2) is 9.04 Å². The van der Waals surface area contributed by atoms with Gasteiger partial charge in [0.05, 0.1) is 0 Å². The molecule has 1 aliphatic rings. The van der Waals surface area contributed by atoms with Gasteiger partial charge in [-0.05, 0) is 82.7 Å². The lowest BCUT2D eigenvalue weighted by Gasteiger charge is -2.41. The van der Waals surface area contributed by atoms with Crippen LogP contribution in [0.15, 0.2) is 0 Å². The maximum absolute atomic E-state index is 11.8. The first-order chi connectivity index (χ1) is 11.4. The molecule has 25 heavy (non-hydrogen) atoms. The van der Waals surface area contributed by atoms with Gasteiger partial charge in [-0.2, -0.15) is 0 Å². The Labute approximate surface area is 157 Å². The van der Waals surface area contributed by atoms with Crippen LogP contribution in [0.3, 0.4) is 0 Å². The van der Waals surface area contributed by atoms with Crippen molar-refractivity contribution in [3.8, 4) is 0 Å². The molecule has 0 radical (unpaired) electrons. The Bertz CT molecular complexity index is 404. The number of ether oxygens (including phenoxy) is 1. The summed E-state index contributed by atoms with van der Waals surface area (Å²) in [6, 6.07) is 0. The molecule has 1 fully saturated rings. The largest absolute Gasteiger partial charge is 0.444 e. The van der Waals surface area contributed by atoms with Crippen LogP contribution in [0, 0.1) is 23.2 Å². The first-order valence-corrected chi connectivity index (χ1v) is 12.7. The van der Waals surface area contributed by atoms with Crippen molar-refractivity contribution in [1.82, 2.24) is 5.32 Å². The van der Waals surface area contributed by atoms with Crippen molar-refractivity contribution in [3.63, 3.8) is 0 Å². The van der Waals surface area contributed by atoms with E-state index in [0.29, 0.717) is 11.8 Å². The minimum atomic E-state index is -0.967. The van der Waals surface area contributed by atoms with Gasteiger partial charge in [0.1, 0.15) is 5.60 Å². The van der Waals surface area contributed by atoms with Crippen molar-refractivity contribution in [2.75, 3.05) is 13.2 Å². The highest BCUT2D eigenvalue weighted by atomic mass is 28.3. The molecule has 1 rings (SSSR count). The third-order valence-electron chi connectivity index (χ3n) is 5.12. The van der Waals surface area contributed by atoms with Crippen LogP contribution in [0.1, 0.15) is 67.2 Å². The van der Waals surface area contributed by atoms with Gasteiger partial charge < -0.3 is 14.5 Å². The molecule has 1 amide bonds. The highest BCUT2D eigenvalue weighted by Crippen LogP contribution is 2.41. The van der Waals surface area contributed by atoms with E-state index in [1.54, 1.807) is 0 Å². The van der Waals surface area contributed by atoms with E-state index in [2.05, 4.69) is 39.2 Å². The fourth-order valence-corrected chi connectivity index (χ4v) is 4.32. The van der Waals surface area contributed by atoms with Crippen LogP contribution in [0.4, 0.5) is 4.79 Å². The summed E-state index contributed by atoms with van der Waals surface area (Å²) in [6.45, 7) is 18.9. The summed E-state index contributed by atoms with van der Waals surface area (Å²) in [6.07, 6.45) is 4.56. The molecule has 0 heterocycles. The van der Waals surface area contributed by atoms with Crippen LogP contribution in [-0.4, -0.2) is 33.9 Å². The number of amides is 1. The second-order valence-corrected chi connectivity index (χ2v) is 12.4. The molecule has 1 atom stereocenters. The summed E-state index contributed by atoms with van der Waals surface area (Å²) < 4.78 is 11.4. The molecule has 4 nitrogen and oxygen atoms in total. The summed E-state index contributed by atoms with van der Waals surface area (Å²) in [5, 5.41) is 2.94. The number of alkyl carbamates (subject to hydrolysis) is 1. The Morgan fingerprint density at radius 2 is 1.64 bits per heavy atom. The van der Waals surface area contributed by atoms with E-state index >= 15 is 0 Å². The molecule has 5 heteroatoms. The van der Waals surface area contributed by atoms with E-state index in [1.807, 2.05) is 20.8 Å².